The van der Waals surface area contributed by atoms with Crippen LogP contribution < -0.4 is 0 Å². The van der Waals surface area contributed by atoms with Crippen molar-refractivity contribution in [3.8, 4) is 11.1 Å². The van der Waals surface area contributed by atoms with Crippen LogP contribution in [-0.4, -0.2) is 9.97 Å². The van der Waals surface area contributed by atoms with Gasteiger partial charge in [0, 0.05) is 34.2 Å². The van der Waals surface area contributed by atoms with Crippen molar-refractivity contribution in [2.75, 3.05) is 0 Å². The van der Waals surface area contributed by atoms with Gasteiger partial charge in [0.25, 0.3) is 0 Å². The molecule has 184 valence electrons. The van der Waals surface area contributed by atoms with Crippen molar-refractivity contribution in [2.45, 2.75) is 39.5 Å². The zero-order valence-electron chi connectivity index (χ0n) is 22.1. The van der Waals surface area contributed by atoms with E-state index in [2.05, 4.69) is 127 Å². The number of nitrogens with zero attached hydrogens (tertiary/aromatic N) is 1. The quantitative estimate of drug-likeness (QED) is 0.261. The Bertz CT molecular complexity index is 1590. The molecule has 2 aromatic heterocycles. The Balaban J connectivity index is 0.000000525. The highest BCUT2D eigenvalue weighted by Crippen LogP contribution is 2.56. The topological polar surface area (TPSA) is 28.7 Å². The van der Waals surface area contributed by atoms with E-state index in [1.807, 2.05) is 26.2 Å². The highest BCUT2D eigenvalue weighted by molar-refractivity contribution is 6.10. The van der Waals surface area contributed by atoms with E-state index >= 15 is 0 Å². The van der Waals surface area contributed by atoms with Crippen molar-refractivity contribution in [3.05, 3.63) is 138 Å². The molecule has 1 atom stereocenters. The van der Waals surface area contributed by atoms with Crippen molar-refractivity contribution in [1.82, 2.24) is 9.97 Å². The molecule has 0 spiro atoms. The van der Waals surface area contributed by atoms with E-state index in [9.17, 15) is 0 Å². The fourth-order valence-corrected chi connectivity index (χ4v) is 5.70. The predicted molar refractivity (Wildman–Crippen MR) is 158 cm³/mol. The number of hydrogen-bond donors (Lipinski definition) is 1. The van der Waals surface area contributed by atoms with Gasteiger partial charge in [0.15, 0.2) is 0 Å². The van der Waals surface area contributed by atoms with Gasteiger partial charge in [-0.3, -0.25) is 4.98 Å². The Kier molecular flexibility index (Phi) is 6.92. The maximum atomic E-state index is 4.33. The maximum absolute atomic E-state index is 4.33. The third-order valence-electron chi connectivity index (χ3n) is 6.99. The van der Waals surface area contributed by atoms with Gasteiger partial charge in [-0.15, -0.1) is 0 Å². The normalized spacial score (nSPS) is 15.2. The zero-order valence-corrected chi connectivity index (χ0v) is 22.1. The first-order valence-electron chi connectivity index (χ1n) is 13.4. The lowest BCUT2D eigenvalue weighted by Crippen LogP contribution is -2.28. The minimum absolute atomic E-state index is 0.387. The molecule has 0 aliphatic heterocycles. The van der Waals surface area contributed by atoms with Gasteiger partial charge in [-0.05, 0) is 63.7 Å². The summed E-state index contributed by atoms with van der Waals surface area (Å²) in [6.07, 6.45) is 5.06. The maximum Gasteiger partial charge on any atom is 0.0715 e. The van der Waals surface area contributed by atoms with Crippen molar-refractivity contribution < 1.29 is 0 Å². The van der Waals surface area contributed by atoms with E-state index in [1.165, 1.54) is 61.6 Å². The molecule has 0 radical (unpaired) electrons. The SMILES string of the molecule is CC.CCC.c1ccc(C2(c3ccncc3)c3ccccc3-c3cc4c(cc32)[nH]c2ccccc24)cc1. The summed E-state index contributed by atoms with van der Waals surface area (Å²) in [5.74, 6) is 0. The molecule has 1 unspecified atom stereocenters. The number of nitrogens with one attached hydrogen (secondary N) is 1. The number of aromatic nitrogens is 2. The zero-order chi connectivity index (χ0) is 25.8. The lowest BCUT2D eigenvalue weighted by Gasteiger charge is -2.33. The molecule has 6 aromatic rings. The second kappa shape index (κ2) is 10.4. The fourth-order valence-electron chi connectivity index (χ4n) is 5.70. The van der Waals surface area contributed by atoms with Gasteiger partial charge in [-0.25, -0.2) is 0 Å². The molecule has 0 fully saturated rings. The van der Waals surface area contributed by atoms with Gasteiger partial charge < -0.3 is 4.98 Å². The molecule has 1 N–H and O–H groups in total. The van der Waals surface area contributed by atoms with Gasteiger partial charge in [-0.1, -0.05) is 107 Å². The first kappa shape index (κ1) is 24.5. The Morgan fingerprint density at radius 1 is 0.595 bits per heavy atom. The number of rotatable bonds is 2. The minimum atomic E-state index is -0.387. The molecule has 4 aromatic carbocycles. The highest BCUT2D eigenvalue weighted by Gasteiger charge is 2.46. The largest absolute Gasteiger partial charge is 0.355 e. The molecule has 7 rings (SSSR count). The first-order valence-corrected chi connectivity index (χ1v) is 13.4. The molecule has 0 saturated carbocycles. The summed E-state index contributed by atoms with van der Waals surface area (Å²) >= 11 is 0. The number of pyridine rings is 1. The molecule has 0 saturated heterocycles. The van der Waals surface area contributed by atoms with E-state index in [4.69, 9.17) is 0 Å². The van der Waals surface area contributed by atoms with Crippen molar-refractivity contribution >= 4 is 21.8 Å². The minimum Gasteiger partial charge on any atom is -0.355 e. The number of hydrogen-bond acceptors (Lipinski definition) is 1. The van der Waals surface area contributed by atoms with Crippen molar-refractivity contribution in [1.29, 1.82) is 0 Å². The number of H-pyrrole nitrogens is 1. The standard InChI is InChI=1S/C30H20N2.C3H8.C2H6/c1-2-8-20(9-3-1)30(21-14-16-31-17-15-21)26-12-6-4-10-22(26)24-18-25-23-11-5-7-13-28(23)32-29(25)19-27(24)30;1-3-2;1-2/h1-19,32H;3H2,1-2H3;1-2H3. The summed E-state index contributed by atoms with van der Waals surface area (Å²) in [5.41, 5.74) is 9.71. The van der Waals surface area contributed by atoms with Crippen molar-refractivity contribution in [3.63, 3.8) is 0 Å². The molecule has 2 nitrogen and oxygen atoms in total. The molecule has 2 heterocycles. The average Bonchev–Trinajstić information content (AvgIpc) is 3.47. The van der Waals surface area contributed by atoms with E-state index in [-0.39, 0.29) is 5.41 Å². The van der Waals surface area contributed by atoms with Gasteiger partial charge in [0.05, 0.1) is 5.41 Å². The van der Waals surface area contributed by atoms with E-state index in [1.54, 1.807) is 0 Å². The summed E-state index contributed by atoms with van der Waals surface area (Å²) in [4.78, 5) is 7.99. The summed E-state index contributed by atoms with van der Waals surface area (Å²) in [7, 11) is 0. The van der Waals surface area contributed by atoms with Gasteiger partial charge in [0.1, 0.15) is 0 Å². The Morgan fingerprint density at radius 3 is 1.97 bits per heavy atom. The van der Waals surface area contributed by atoms with Gasteiger partial charge in [-0.2, -0.15) is 0 Å². The first-order chi connectivity index (χ1) is 18.3. The summed E-state index contributed by atoms with van der Waals surface area (Å²) in [6, 6.07) is 37.4. The molecule has 1 aliphatic rings. The predicted octanol–water partition coefficient (Wildman–Crippen LogP) is 9.52. The van der Waals surface area contributed by atoms with Crippen LogP contribution >= 0.6 is 0 Å². The third-order valence-corrected chi connectivity index (χ3v) is 6.99. The molecule has 0 bridgehead atoms. The van der Waals surface area contributed by atoms with Crippen LogP contribution in [-0.2, 0) is 5.41 Å². The molecular formula is C35H34N2. The van der Waals surface area contributed by atoms with Crippen molar-refractivity contribution in [2.24, 2.45) is 0 Å². The Morgan fingerprint density at radius 2 is 1.22 bits per heavy atom. The summed E-state index contributed by atoms with van der Waals surface area (Å²) < 4.78 is 0. The second-order valence-electron chi connectivity index (χ2n) is 9.22. The molecule has 2 heteroatoms. The number of benzene rings is 4. The number of para-hydroxylation sites is 1. The van der Waals surface area contributed by atoms with E-state index in [0.717, 1.165) is 0 Å². The summed E-state index contributed by atoms with van der Waals surface area (Å²) in [5, 5.41) is 2.54. The van der Waals surface area contributed by atoms with Gasteiger partial charge in [0.2, 0.25) is 0 Å². The molecule has 37 heavy (non-hydrogen) atoms. The van der Waals surface area contributed by atoms with E-state index in [0.29, 0.717) is 0 Å². The Hall–Kier alpha value is -4.17. The summed E-state index contributed by atoms with van der Waals surface area (Å²) in [6.45, 7) is 8.25. The van der Waals surface area contributed by atoms with Crippen LogP contribution in [0.25, 0.3) is 32.9 Å². The third kappa shape index (κ3) is 3.84. The monoisotopic (exact) mass is 482 g/mol. The smallest absolute Gasteiger partial charge is 0.0715 e. The molecular weight excluding hydrogens is 448 g/mol. The molecule has 0 amide bonds. The number of fused-ring (bicyclic) bond motifs is 6. The average molecular weight is 483 g/mol. The van der Waals surface area contributed by atoms with Crippen LogP contribution in [0.3, 0.4) is 0 Å². The van der Waals surface area contributed by atoms with Crippen LogP contribution in [0.5, 0.6) is 0 Å². The fraction of sp³-hybridized carbons (Fsp3) is 0.171. The second-order valence-corrected chi connectivity index (χ2v) is 9.22. The van der Waals surface area contributed by atoms with Crippen LogP contribution in [0, 0.1) is 0 Å². The lowest BCUT2D eigenvalue weighted by molar-refractivity contribution is 0.767. The molecule has 1 aliphatic carbocycles. The Labute approximate surface area is 220 Å². The lowest BCUT2D eigenvalue weighted by atomic mass is 9.68. The van der Waals surface area contributed by atoms with Crippen LogP contribution in [0.4, 0.5) is 0 Å². The number of aromatic amines is 1. The van der Waals surface area contributed by atoms with Gasteiger partial charge >= 0.3 is 0 Å². The van der Waals surface area contributed by atoms with E-state index < -0.39 is 0 Å². The van der Waals surface area contributed by atoms with Crippen LogP contribution in [0.2, 0.25) is 0 Å². The van der Waals surface area contributed by atoms with Crippen LogP contribution in [0.1, 0.15) is 56.4 Å². The van der Waals surface area contributed by atoms with Crippen LogP contribution in [0.15, 0.2) is 116 Å². The highest BCUT2D eigenvalue weighted by atomic mass is 14.7.